The van der Waals surface area contributed by atoms with Crippen LogP contribution in [0.2, 0.25) is 0 Å². The molecule has 0 saturated carbocycles. The summed E-state index contributed by atoms with van der Waals surface area (Å²) in [6.07, 6.45) is 0. The molecule has 0 aliphatic rings. The van der Waals surface area contributed by atoms with E-state index in [-0.39, 0.29) is 11.7 Å². The third-order valence-electron chi connectivity index (χ3n) is 1.52. The Morgan fingerprint density at radius 3 is 2.85 bits per heavy atom. The fourth-order valence-electron chi connectivity index (χ4n) is 0.855. The Morgan fingerprint density at radius 2 is 2.38 bits per heavy atom. The Bertz CT molecular complexity index is 292. The Hall–Kier alpha value is -1.32. The Morgan fingerprint density at radius 1 is 1.69 bits per heavy atom. The molecule has 0 spiro atoms. The number of amides is 1. The molecule has 0 aromatic carbocycles. The van der Waals surface area contributed by atoms with Gasteiger partial charge in [0.25, 0.3) is 5.91 Å². The second-order valence-corrected chi connectivity index (χ2v) is 3.44. The molecule has 0 aliphatic heterocycles. The molecule has 1 N–H and O–H groups in total. The van der Waals surface area contributed by atoms with Crippen molar-refractivity contribution >= 4 is 5.91 Å². The minimum absolute atomic E-state index is 0.200. The number of nitrogens with zero attached hydrogens (tertiary/aromatic N) is 1. The van der Waals surface area contributed by atoms with Crippen LogP contribution >= 0.6 is 0 Å². The van der Waals surface area contributed by atoms with Crippen LogP contribution in [0.25, 0.3) is 0 Å². The highest BCUT2D eigenvalue weighted by Gasteiger charge is 2.10. The zero-order chi connectivity index (χ0) is 9.84. The highest BCUT2D eigenvalue weighted by atomic mass is 16.5. The van der Waals surface area contributed by atoms with Gasteiger partial charge in [0.15, 0.2) is 0 Å². The summed E-state index contributed by atoms with van der Waals surface area (Å²) in [5.41, 5.74) is 0.717. The predicted molar refractivity (Wildman–Crippen MR) is 48.4 cm³/mol. The largest absolute Gasteiger partial charge is 0.351 e. The molecule has 0 unspecified atom stereocenters. The standard InChI is InChI=1S/C9H14N2O2/c1-6(2)5-10-9(12)8-4-7(3)11-13-8/h4,6H,5H2,1-3H3,(H,10,12). The molecule has 1 aromatic heterocycles. The van der Waals surface area contributed by atoms with E-state index in [1.165, 1.54) is 0 Å². The first-order chi connectivity index (χ1) is 6.09. The van der Waals surface area contributed by atoms with Crippen molar-refractivity contribution in [2.75, 3.05) is 6.54 Å². The van der Waals surface area contributed by atoms with Crippen molar-refractivity contribution in [1.82, 2.24) is 10.5 Å². The van der Waals surface area contributed by atoms with Gasteiger partial charge in [-0.25, -0.2) is 0 Å². The van der Waals surface area contributed by atoms with Gasteiger partial charge in [0.05, 0.1) is 5.69 Å². The lowest BCUT2D eigenvalue weighted by atomic mass is 10.2. The summed E-state index contributed by atoms with van der Waals surface area (Å²) >= 11 is 0. The molecule has 1 amide bonds. The molecular weight excluding hydrogens is 168 g/mol. The van der Waals surface area contributed by atoms with E-state index in [1.54, 1.807) is 13.0 Å². The molecule has 4 heteroatoms. The number of aryl methyl sites for hydroxylation is 1. The third kappa shape index (κ3) is 2.89. The average molecular weight is 182 g/mol. The number of carbonyl (C=O) groups is 1. The lowest BCUT2D eigenvalue weighted by Crippen LogP contribution is -2.26. The second-order valence-electron chi connectivity index (χ2n) is 3.44. The number of aromatic nitrogens is 1. The van der Waals surface area contributed by atoms with E-state index in [0.29, 0.717) is 12.5 Å². The molecule has 13 heavy (non-hydrogen) atoms. The van der Waals surface area contributed by atoms with E-state index in [1.807, 2.05) is 13.8 Å². The van der Waals surface area contributed by atoms with Gasteiger partial charge in [-0.1, -0.05) is 19.0 Å². The van der Waals surface area contributed by atoms with Crippen LogP contribution in [-0.2, 0) is 0 Å². The lowest BCUT2D eigenvalue weighted by Gasteiger charge is -2.04. The normalized spacial score (nSPS) is 10.5. The van der Waals surface area contributed by atoms with Gasteiger partial charge in [0.2, 0.25) is 5.76 Å². The zero-order valence-electron chi connectivity index (χ0n) is 8.13. The summed E-state index contributed by atoms with van der Waals surface area (Å²) in [7, 11) is 0. The quantitative estimate of drug-likeness (QED) is 0.768. The van der Waals surface area contributed by atoms with Crippen LogP contribution in [0.15, 0.2) is 10.6 Å². The smallest absolute Gasteiger partial charge is 0.289 e. The van der Waals surface area contributed by atoms with Crippen LogP contribution in [0.5, 0.6) is 0 Å². The predicted octanol–water partition coefficient (Wildman–Crippen LogP) is 1.37. The number of carbonyl (C=O) groups excluding carboxylic acids is 1. The fourth-order valence-corrected chi connectivity index (χ4v) is 0.855. The van der Waals surface area contributed by atoms with E-state index in [0.717, 1.165) is 5.69 Å². The summed E-state index contributed by atoms with van der Waals surface area (Å²) in [6.45, 7) is 6.50. The van der Waals surface area contributed by atoms with Gasteiger partial charge in [0, 0.05) is 12.6 Å². The summed E-state index contributed by atoms with van der Waals surface area (Å²) in [6, 6.07) is 1.62. The maximum atomic E-state index is 11.3. The van der Waals surface area contributed by atoms with E-state index in [2.05, 4.69) is 10.5 Å². The van der Waals surface area contributed by atoms with Gasteiger partial charge < -0.3 is 9.84 Å². The van der Waals surface area contributed by atoms with Crippen molar-refractivity contribution in [2.24, 2.45) is 5.92 Å². The van der Waals surface area contributed by atoms with Gasteiger partial charge in [-0.3, -0.25) is 4.79 Å². The van der Waals surface area contributed by atoms with Crippen LogP contribution in [0.3, 0.4) is 0 Å². The molecule has 1 aromatic rings. The van der Waals surface area contributed by atoms with Crippen molar-refractivity contribution < 1.29 is 9.32 Å². The second kappa shape index (κ2) is 4.07. The van der Waals surface area contributed by atoms with Gasteiger partial charge in [0.1, 0.15) is 0 Å². The van der Waals surface area contributed by atoms with Crippen LogP contribution in [0.4, 0.5) is 0 Å². The minimum atomic E-state index is -0.200. The van der Waals surface area contributed by atoms with Crippen LogP contribution in [0.1, 0.15) is 30.1 Å². The fraction of sp³-hybridized carbons (Fsp3) is 0.556. The number of rotatable bonds is 3. The number of hydrogen-bond acceptors (Lipinski definition) is 3. The first kappa shape index (κ1) is 9.77. The van der Waals surface area contributed by atoms with E-state index in [4.69, 9.17) is 4.52 Å². The van der Waals surface area contributed by atoms with E-state index >= 15 is 0 Å². The Balaban J connectivity index is 2.49. The summed E-state index contributed by atoms with van der Waals surface area (Å²) in [5, 5.41) is 6.37. The Kier molecular flexibility index (Phi) is 3.06. The molecule has 4 nitrogen and oxygen atoms in total. The van der Waals surface area contributed by atoms with Gasteiger partial charge >= 0.3 is 0 Å². The summed E-state index contributed by atoms with van der Waals surface area (Å²) < 4.78 is 4.80. The molecule has 0 fully saturated rings. The maximum absolute atomic E-state index is 11.3. The van der Waals surface area contributed by atoms with Gasteiger partial charge in [-0.15, -0.1) is 0 Å². The molecule has 1 rings (SSSR count). The molecule has 0 bridgehead atoms. The molecule has 0 atom stereocenters. The highest BCUT2D eigenvalue weighted by Crippen LogP contribution is 2.01. The minimum Gasteiger partial charge on any atom is -0.351 e. The van der Waals surface area contributed by atoms with Crippen LogP contribution in [-0.4, -0.2) is 17.6 Å². The topological polar surface area (TPSA) is 55.1 Å². The number of nitrogens with one attached hydrogen (secondary N) is 1. The SMILES string of the molecule is Cc1cc(C(=O)NCC(C)C)on1. The highest BCUT2D eigenvalue weighted by molar-refractivity contribution is 5.91. The first-order valence-electron chi connectivity index (χ1n) is 4.31. The number of hydrogen-bond donors (Lipinski definition) is 1. The molecule has 0 aliphatic carbocycles. The summed E-state index contributed by atoms with van der Waals surface area (Å²) in [4.78, 5) is 11.3. The van der Waals surface area contributed by atoms with E-state index < -0.39 is 0 Å². The molecule has 1 heterocycles. The third-order valence-corrected chi connectivity index (χ3v) is 1.52. The van der Waals surface area contributed by atoms with Crippen molar-refractivity contribution in [2.45, 2.75) is 20.8 Å². The van der Waals surface area contributed by atoms with Gasteiger partial charge in [-0.2, -0.15) is 0 Å². The molecular formula is C9H14N2O2. The van der Waals surface area contributed by atoms with Crippen molar-refractivity contribution in [3.8, 4) is 0 Å². The van der Waals surface area contributed by atoms with Crippen molar-refractivity contribution in [3.63, 3.8) is 0 Å². The van der Waals surface area contributed by atoms with Crippen LogP contribution in [0, 0.1) is 12.8 Å². The van der Waals surface area contributed by atoms with Gasteiger partial charge in [-0.05, 0) is 12.8 Å². The summed E-state index contributed by atoms with van der Waals surface area (Å²) in [5.74, 6) is 0.514. The Labute approximate surface area is 77.3 Å². The zero-order valence-corrected chi connectivity index (χ0v) is 8.13. The maximum Gasteiger partial charge on any atom is 0.289 e. The van der Waals surface area contributed by atoms with Crippen LogP contribution < -0.4 is 5.32 Å². The average Bonchev–Trinajstić information content (AvgIpc) is 2.47. The molecule has 0 radical (unpaired) electrons. The van der Waals surface area contributed by atoms with E-state index in [9.17, 15) is 4.79 Å². The monoisotopic (exact) mass is 182 g/mol. The first-order valence-corrected chi connectivity index (χ1v) is 4.31. The van der Waals surface area contributed by atoms with Crippen molar-refractivity contribution in [1.29, 1.82) is 0 Å². The lowest BCUT2D eigenvalue weighted by molar-refractivity contribution is 0.0912. The molecule has 0 saturated heterocycles. The molecule has 72 valence electrons. The van der Waals surface area contributed by atoms with Crippen molar-refractivity contribution in [3.05, 3.63) is 17.5 Å².